The van der Waals surface area contributed by atoms with Crippen molar-refractivity contribution in [2.75, 3.05) is 0 Å². The van der Waals surface area contributed by atoms with Crippen molar-refractivity contribution in [2.24, 2.45) is 0 Å². The summed E-state index contributed by atoms with van der Waals surface area (Å²) in [5, 5.41) is 9.04. The lowest BCUT2D eigenvalue weighted by Crippen LogP contribution is -1.95. The second-order valence-electron chi connectivity index (χ2n) is 3.02. The summed E-state index contributed by atoms with van der Waals surface area (Å²) >= 11 is 0. The lowest BCUT2D eigenvalue weighted by Gasteiger charge is -2.00. The molecule has 82 valence electrons. The van der Waals surface area contributed by atoms with Crippen LogP contribution in [-0.4, -0.2) is 10.9 Å². The van der Waals surface area contributed by atoms with Gasteiger partial charge in [0.25, 0.3) is 0 Å². The predicted molar refractivity (Wildman–Crippen MR) is 63.8 cm³/mol. The van der Waals surface area contributed by atoms with Gasteiger partial charge in [-0.1, -0.05) is 44.7 Å². The van der Waals surface area contributed by atoms with Crippen LogP contribution in [0, 0.1) is 0 Å². The fraction of sp³-hybridized carbons (Fsp3) is 0.308. The Hall–Kier alpha value is -1.57. The van der Waals surface area contributed by atoms with E-state index in [1.165, 1.54) is 0 Å². The molecular weight excluding hydrogens is 188 g/mol. The van der Waals surface area contributed by atoms with Crippen LogP contribution >= 0.6 is 0 Å². The number of aliphatic hydroxyl groups excluding tert-OH is 1. The Morgan fingerprint density at radius 1 is 1.27 bits per heavy atom. The Bertz CT molecular complexity index is 323. The van der Waals surface area contributed by atoms with E-state index in [1.807, 2.05) is 26.0 Å². The Morgan fingerprint density at radius 3 is 2.07 bits per heavy atom. The van der Waals surface area contributed by atoms with Gasteiger partial charge < -0.3 is 5.11 Å². The second-order valence-corrected chi connectivity index (χ2v) is 3.02. The first-order valence-corrected chi connectivity index (χ1v) is 5.06. The van der Waals surface area contributed by atoms with Crippen LogP contribution in [0.3, 0.4) is 0 Å². The van der Waals surface area contributed by atoms with Crippen molar-refractivity contribution in [3.8, 4) is 0 Å². The van der Waals surface area contributed by atoms with Gasteiger partial charge in [0, 0.05) is 12.0 Å². The highest BCUT2D eigenvalue weighted by Crippen LogP contribution is 2.10. The van der Waals surface area contributed by atoms with Crippen LogP contribution in [0.25, 0.3) is 5.76 Å². The molecule has 0 aliphatic rings. The van der Waals surface area contributed by atoms with Crippen molar-refractivity contribution >= 4 is 11.5 Å². The summed E-state index contributed by atoms with van der Waals surface area (Å²) in [6, 6.07) is 7.14. The van der Waals surface area contributed by atoms with Crippen molar-refractivity contribution in [1.82, 2.24) is 0 Å². The van der Waals surface area contributed by atoms with E-state index in [-0.39, 0.29) is 11.5 Å². The summed E-state index contributed by atoms with van der Waals surface area (Å²) in [5.74, 6) is 0.185. The Balaban J connectivity index is 0.000000921. The third kappa shape index (κ3) is 5.01. The maximum absolute atomic E-state index is 10.8. The normalized spacial score (nSPS) is 8.73. The number of hydrogen-bond donors (Lipinski definition) is 1. The van der Waals surface area contributed by atoms with Gasteiger partial charge in [0.2, 0.25) is 0 Å². The monoisotopic (exact) mass is 206 g/mol. The molecule has 0 unspecified atom stereocenters. The minimum Gasteiger partial charge on any atom is -0.508 e. The van der Waals surface area contributed by atoms with Crippen LogP contribution in [-0.2, 0) is 11.2 Å². The molecule has 0 aliphatic carbocycles. The lowest BCUT2D eigenvalue weighted by molar-refractivity contribution is -0.116. The van der Waals surface area contributed by atoms with Gasteiger partial charge >= 0.3 is 0 Å². The third-order valence-corrected chi connectivity index (χ3v) is 1.74. The number of carbonyl (C=O) groups is 1. The first kappa shape index (κ1) is 13.4. The highest BCUT2D eigenvalue weighted by molar-refractivity contribution is 5.78. The molecule has 1 aromatic rings. The average Bonchev–Trinajstić information content (AvgIpc) is 2.20. The minimum absolute atomic E-state index is 0.0503. The Kier molecular flexibility index (Phi) is 6.11. The molecule has 0 heterocycles. The summed E-state index contributed by atoms with van der Waals surface area (Å²) in [7, 11) is 0. The number of carbonyl (C=O) groups excluding carboxylic acids is 1. The molecule has 0 aromatic heterocycles. The Labute approximate surface area is 91.3 Å². The van der Waals surface area contributed by atoms with Crippen LogP contribution < -0.4 is 0 Å². The molecule has 0 fully saturated rings. The van der Waals surface area contributed by atoms with Gasteiger partial charge in [-0.05, 0) is 12.5 Å². The van der Waals surface area contributed by atoms with Crippen LogP contribution in [0.2, 0.25) is 0 Å². The topological polar surface area (TPSA) is 37.3 Å². The van der Waals surface area contributed by atoms with E-state index in [9.17, 15) is 4.79 Å². The van der Waals surface area contributed by atoms with Crippen molar-refractivity contribution in [1.29, 1.82) is 0 Å². The van der Waals surface area contributed by atoms with E-state index >= 15 is 0 Å². The van der Waals surface area contributed by atoms with Crippen LogP contribution in [0.15, 0.2) is 30.8 Å². The minimum atomic E-state index is 0.0503. The molecule has 2 heteroatoms. The van der Waals surface area contributed by atoms with E-state index in [4.69, 9.17) is 5.11 Å². The largest absolute Gasteiger partial charge is 0.508 e. The van der Waals surface area contributed by atoms with E-state index in [1.54, 1.807) is 19.1 Å². The van der Waals surface area contributed by atoms with Crippen LogP contribution in [0.1, 0.15) is 31.9 Å². The third-order valence-electron chi connectivity index (χ3n) is 1.74. The fourth-order valence-electron chi connectivity index (χ4n) is 1.10. The second kappa shape index (κ2) is 6.82. The molecule has 0 radical (unpaired) electrons. The standard InChI is InChI=1S/C11H12O2.C2H6/c1-8(12)7-10-3-5-11(6-4-10)9(2)13;1-2/h3-6,13H,2,7H2,1H3;1-2H3. The van der Waals surface area contributed by atoms with Crippen LogP contribution in [0.4, 0.5) is 0 Å². The number of rotatable bonds is 3. The smallest absolute Gasteiger partial charge is 0.134 e. The summed E-state index contributed by atoms with van der Waals surface area (Å²) in [4.78, 5) is 10.8. The molecule has 0 atom stereocenters. The fourth-order valence-corrected chi connectivity index (χ4v) is 1.10. The van der Waals surface area contributed by atoms with Gasteiger partial charge in [-0.2, -0.15) is 0 Å². The maximum Gasteiger partial charge on any atom is 0.134 e. The van der Waals surface area contributed by atoms with E-state index in [2.05, 4.69) is 6.58 Å². The number of hydrogen-bond acceptors (Lipinski definition) is 2. The molecule has 0 saturated heterocycles. The first-order valence-electron chi connectivity index (χ1n) is 5.06. The summed E-state index contributed by atoms with van der Waals surface area (Å²) in [6.45, 7) is 8.96. The number of Topliss-reactive ketones (excluding diaryl/α,β-unsaturated/α-hetero) is 1. The van der Waals surface area contributed by atoms with Crippen molar-refractivity contribution in [3.05, 3.63) is 42.0 Å². The van der Waals surface area contributed by atoms with Crippen molar-refractivity contribution in [2.45, 2.75) is 27.2 Å². The number of ketones is 1. The zero-order valence-electron chi connectivity index (χ0n) is 9.58. The zero-order valence-corrected chi connectivity index (χ0v) is 9.58. The van der Waals surface area contributed by atoms with E-state index in [0.29, 0.717) is 12.0 Å². The van der Waals surface area contributed by atoms with E-state index in [0.717, 1.165) is 5.56 Å². The SMILES string of the molecule is C=C(O)c1ccc(CC(C)=O)cc1.CC. The number of benzene rings is 1. The molecular formula is C13H18O2. The average molecular weight is 206 g/mol. The molecule has 2 nitrogen and oxygen atoms in total. The summed E-state index contributed by atoms with van der Waals surface area (Å²) < 4.78 is 0. The summed E-state index contributed by atoms with van der Waals surface area (Å²) in [5.41, 5.74) is 1.64. The van der Waals surface area contributed by atoms with Gasteiger partial charge in [-0.3, -0.25) is 4.79 Å². The van der Waals surface area contributed by atoms with E-state index < -0.39 is 0 Å². The predicted octanol–water partition coefficient (Wildman–Crippen LogP) is 3.37. The first-order chi connectivity index (χ1) is 7.09. The lowest BCUT2D eigenvalue weighted by atomic mass is 10.1. The highest BCUT2D eigenvalue weighted by Gasteiger charge is 1.98. The van der Waals surface area contributed by atoms with Crippen molar-refractivity contribution in [3.63, 3.8) is 0 Å². The van der Waals surface area contributed by atoms with Gasteiger partial charge in [0.1, 0.15) is 11.5 Å². The molecule has 15 heavy (non-hydrogen) atoms. The van der Waals surface area contributed by atoms with Gasteiger partial charge in [0.15, 0.2) is 0 Å². The highest BCUT2D eigenvalue weighted by atomic mass is 16.3. The Morgan fingerprint density at radius 2 is 1.73 bits per heavy atom. The summed E-state index contributed by atoms with van der Waals surface area (Å²) in [6.07, 6.45) is 0.443. The zero-order chi connectivity index (χ0) is 11.8. The maximum atomic E-state index is 10.8. The molecule has 0 bridgehead atoms. The molecule has 0 aliphatic heterocycles. The van der Waals surface area contributed by atoms with Crippen molar-refractivity contribution < 1.29 is 9.90 Å². The molecule has 0 spiro atoms. The number of aliphatic hydroxyl groups is 1. The molecule has 1 aromatic carbocycles. The quantitative estimate of drug-likeness (QED) is 0.770. The molecule has 1 N–H and O–H groups in total. The molecule has 0 saturated carbocycles. The van der Waals surface area contributed by atoms with Crippen LogP contribution in [0.5, 0.6) is 0 Å². The van der Waals surface area contributed by atoms with Gasteiger partial charge in [-0.15, -0.1) is 0 Å². The molecule has 1 rings (SSSR count). The van der Waals surface area contributed by atoms with Gasteiger partial charge in [-0.25, -0.2) is 0 Å². The molecule has 0 amide bonds. The van der Waals surface area contributed by atoms with Gasteiger partial charge in [0.05, 0.1) is 0 Å².